The summed E-state index contributed by atoms with van der Waals surface area (Å²) < 4.78 is 10.7. The number of hydrogen-bond donors (Lipinski definition) is 1. The Morgan fingerprint density at radius 1 is 1.00 bits per heavy atom. The zero-order chi connectivity index (χ0) is 18.8. The molecule has 0 amide bonds. The van der Waals surface area contributed by atoms with Gasteiger partial charge < -0.3 is 14.8 Å². The Balaban J connectivity index is 1.81. The highest BCUT2D eigenvalue weighted by Gasteiger charge is 2.15. The van der Waals surface area contributed by atoms with Gasteiger partial charge in [-0.3, -0.25) is 0 Å². The number of halogens is 1. The van der Waals surface area contributed by atoms with Gasteiger partial charge in [-0.05, 0) is 29.8 Å². The Hall–Kier alpha value is -2.83. The maximum Gasteiger partial charge on any atom is 0.146 e. The van der Waals surface area contributed by atoms with Crippen LogP contribution in [0.1, 0.15) is 0 Å². The van der Waals surface area contributed by atoms with Gasteiger partial charge >= 0.3 is 0 Å². The fraction of sp³-hybridized carbons (Fsp3) is 0.100. The molecule has 0 radical (unpaired) electrons. The van der Waals surface area contributed by atoms with Crippen LogP contribution in [-0.4, -0.2) is 24.2 Å². The molecule has 2 heterocycles. The number of methoxy groups -OCH3 is 2. The summed E-state index contributed by atoms with van der Waals surface area (Å²) in [5.41, 5.74) is 2.92. The largest absolute Gasteiger partial charge is 0.497 e. The van der Waals surface area contributed by atoms with Crippen molar-refractivity contribution < 1.29 is 9.47 Å². The van der Waals surface area contributed by atoms with Crippen LogP contribution in [0, 0.1) is 0 Å². The molecule has 0 saturated carbocycles. The lowest BCUT2D eigenvalue weighted by Gasteiger charge is -2.13. The van der Waals surface area contributed by atoms with Crippen LogP contribution < -0.4 is 14.8 Å². The second-order valence-corrected chi connectivity index (χ2v) is 7.04. The average Bonchev–Trinajstić information content (AvgIpc) is 3.14. The zero-order valence-corrected chi connectivity index (χ0v) is 16.3. The van der Waals surface area contributed by atoms with Crippen molar-refractivity contribution in [3.8, 4) is 22.6 Å². The Bertz CT molecular complexity index is 1100. The van der Waals surface area contributed by atoms with Crippen molar-refractivity contribution in [1.82, 2.24) is 9.97 Å². The zero-order valence-electron chi connectivity index (χ0n) is 14.7. The van der Waals surface area contributed by atoms with E-state index in [2.05, 4.69) is 20.7 Å². The molecule has 2 aromatic carbocycles. The van der Waals surface area contributed by atoms with Gasteiger partial charge in [0.25, 0.3) is 0 Å². The summed E-state index contributed by atoms with van der Waals surface area (Å²) in [5, 5.41) is 7.12. The predicted molar refractivity (Wildman–Crippen MR) is 111 cm³/mol. The molecular formula is C20H16ClN3O2S. The number of rotatable bonds is 5. The molecule has 7 heteroatoms. The Morgan fingerprint density at radius 2 is 1.81 bits per heavy atom. The molecule has 5 nitrogen and oxygen atoms in total. The minimum absolute atomic E-state index is 0.671. The van der Waals surface area contributed by atoms with Crippen molar-refractivity contribution in [2.75, 3.05) is 19.5 Å². The highest BCUT2D eigenvalue weighted by molar-refractivity contribution is 7.17. The van der Waals surface area contributed by atoms with E-state index < -0.39 is 0 Å². The van der Waals surface area contributed by atoms with E-state index in [0.29, 0.717) is 10.8 Å². The molecule has 27 heavy (non-hydrogen) atoms. The molecule has 0 aliphatic rings. The van der Waals surface area contributed by atoms with Gasteiger partial charge in [0.15, 0.2) is 0 Å². The SMILES string of the molecule is COc1ccc(Nc2ncnc3scc(-c4ccc(Cl)cc4)c23)c(OC)c1. The van der Waals surface area contributed by atoms with Crippen molar-refractivity contribution in [3.63, 3.8) is 0 Å². The number of nitrogens with zero attached hydrogens (tertiary/aromatic N) is 2. The van der Waals surface area contributed by atoms with Gasteiger partial charge in [0.05, 0.1) is 25.3 Å². The number of thiophene rings is 1. The molecule has 0 atom stereocenters. The van der Waals surface area contributed by atoms with Gasteiger partial charge in [-0.1, -0.05) is 23.7 Å². The summed E-state index contributed by atoms with van der Waals surface area (Å²) >= 11 is 7.61. The highest BCUT2D eigenvalue weighted by Crippen LogP contribution is 2.39. The van der Waals surface area contributed by atoms with Crippen LogP contribution in [0.15, 0.2) is 54.2 Å². The maximum absolute atomic E-state index is 6.03. The summed E-state index contributed by atoms with van der Waals surface area (Å²) in [4.78, 5) is 9.78. The van der Waals surface area contributed by atoms with Crippen LogP contribution in [-0.2, 0) is 0 Å². The van der Waals surface area contributed by atoms with Gasteiger partial charge in [-0.2, -0.15) is 0 Å². The van der Waals surface area contributed by atoms with Crippen molar-refractivity contribution in [1.29, 1.82) is 0 Å². The third-order valence-corrected chi connectivity index (χ3v) is 5.33. The third kappa shape index (κ3) is 3.41. The quantitative estimate of drug-likeness (QED) is 0.463. The smallest absolute Gasteiger partial charge is 0.146 e. The van der Waals surface area contributed by atoms with E-state index in [1.54, 1.807) is 31.9 Å². The van der Waals surface area contributed by atoms with Gasteiger partial charge in [0, 0.05) is 22.0 Å². The summed E-state index contributed by atoms with van der Waals surface area (Å²) in [7, 11) is 3.25. The van der Waals surface area contributed by atoms with E-state index in [1.165, 1.54) is 0 Å². The normalized spacial score (nSPS) is 10.8. The highest BCUT2D eigenvalue weighted by atomic mass is 35.5. The van der Waals surface area contributed by atoms with E-state index in [1.807, 2.05) is 42.5 Å². The van der Waals surface area contributed by atoms with Crippen LogP contribution in [0.2, 0.25) is 5.02 Å². The number of hydrogen-bond acceptors (Lipinski definition) is 6. The number of anilines is 2. The number of aromatic nitrogens is 2. The standard InChI is InChI=1S/C20H16ClN3O2S/c1-25-14-7-8-16(17(9-14)26-2)24-19-18-15(10-27-20(18)23-11-22-19)12-3-5-13(21)6-4-12/h3-11H,1-2H3,(H,22,23,24). The minimum atomic E-state index is 0.671. The van der Waals surface area contributed by atoms with Crippen LogP contribution in [0.25, 0.3) is 21.3 Å². The fourth-order valence-electron chi connectivity index (χ4n) is 2.84. The lowest BCUT2D eigenvalue weighted by atomic mass is 10.1. The molecule has 2 aromatic heterocycles. The van der Waals surface area contributed by atoms with Crippen LogP contribution in [0.5, 0.6) is 11.5 Å². The molecule has 4 aromatic rings. The number of benzene rings is 2. The first kappa shape index (κ1) is 17.6. The molecule has 0 unspecified atom stereocenters. The van der Waals surface area contributed by atoms with E-state index in [4.69, 9.17) is 21.1 Å². The van der Waals surface area contributed by atoms with Crippen LogP contribution in [0.4, 0.5) is 11.5 Å². The van der Waals surface area contributed by atoms with Gasteiger partial charge in [0.2, 0.25) is 0 Å². The number of ether oxygens (including phenoxy) is 2. The molecule has 4 rings (SSSR count). The summed E-state index contributed by atoms with van der Waals surface area (Å²) in [6.45, 7) is 0. The first-order valence-corrected chi connectivity index (χ1v) is 9.42. The third-order valence-electron chi connectivity index (χ3n) is 4.19. The molecule has 1 N–H and O–H groups in total. The van der Waals surface area contributed by atoms with Crippen LogP contribution >= 0.6 is 22.9 Å². The Labute approximate surface area is 165 Å². The lowest BCUT2D eigenvalue weighted by molar-refractivity contribution is 0.395. The van der Waals surface area contributed by atoms with Crippen LogP contribution in [0.3, 0.4) is 0 Å². The van der Waals surface area contributed by atoms with E-state index in [9.17, 15) is 0 Å². The summed E-state index contributed by atoms with van der Waals surface area (Å²) in [6.07, 6.45) is 1.56. The van der Waals surface area contributed by atoms with Crippen molar-refractivity contribution in [2.45, 2.75) is 0 Å². The fourth-order valence-corrected chi connectivity index (χ4v) is 3.88. The molecule has 0 aliphatic heterocycles. The Kier molecular flexibility index (Phi) is 4.83. The molecule has 0 aliphatic carbocycles. The van der Waals surface area contributed by atoms with Gasteiger partial charge in [-0.15, -0.1) is 11.3 Å². The molecule has 0 saturated heterocycles. The topological polar surface area (TPSA) is 56.3 Å². The van der Waals surface area contributed by atoms with E-state index >= 15 is 0 Å². The summed E-state index contributed by atoms with van der Waals surface area (Å²) in [6, 6.07) is 13.3. The van der Waals surface area contributed by atoms with Crippen molar-refractivity contribution >= 4 is 44.7 Å². The predicted octanol–water partition coefficient (Wildman–Crippen LogP) is 5.77. The summed E-state index contributed by atoms with van der Waals surface area (Å²) in [5.74, 6) is 2.11. The van der Waals surface area contributed by atoms with Gasteiger partial charge in [0.1, 0.15) is 28.5 Å². The molecule has 0 bridgehead atoms. The molecule has 0 fully saturated rings. The average molecular weight is 398 g/mol. The monoisotopic (exact) mass is 397 g/mol. The number of nitrogens with one attached hydrogen (secondary N) is 1. The second-order valence-electron chi connectivity index (χ2n) is 5.75. The van der Waals surface area contributed by atoms with Crippen molar-refractivity contribution in [2.24, 2.45) is 0 Å². The lowest BCUT2D eigenvalue weighted by Crippen LogP contribution is -1.98. The van der Waals surface area contributed by atoms with E-state index in [-0.39, 0.29) is 0 Å². The number of fused-ring (bicyclic) bond motifs is 1. The second kappa shape index (κ2) is 7.42. The van der Waals surface area contributed by atoms with E-state index in [0.717, 1.165) is 38.6 Å². The Morgan fingerprint density at radius 3 is 2.56 bits per heavy atom. The first-order chi connectivity index (χ1) is 13.2. The molecule has 0 spiro atoms. The van der Waals surface area contributed by atoms with Gasteiger partial charge in [-0.25, -0.2) is 9.97 Å². The first-order valence-electron chi connectivity index (χ1n) is 8.17. The minimum Gasteiger partial charge on any atom is -0.497 e. The molecule has 136 valence electrons. The van der Waals surface area contributed by atoms with Crippen molar-refractivity contribution in [3.05, 3.63) is 59.2 Å². The molecular weight excluding hydrogens is 382 g/mol. The maximum atomic E-state index is 6.03.